The first-order valence-corrected chi connectivity index (χ1v) is 7.42. The Morgan fingerprint density at radius 1 is 0.913 bits per heavy atom. The van der Waals surface area contributed by atoms with E-state index in [0.717, 1.165) is 25.7 Å². The summed E-state index contributed by atoms with van der Waals surface area (Å²) in [5.41, 5.74) is 4.03. The normalized spacial score (nSPS) is 12.6. The fraction of sp³-hybridized carbons (Fsp3) is 0.786. The molecule has 0 heterocycles. The molecule has 7 N–H and O–H groups in total. The zero-order valence-corrected chi connectivity index (χ0v) is 13.1. The number of unbranched alkanes of at least 4 members (excludes halogenated alkanes) is 4. The predicted octanol–water partition coefficient (Wildman–Crippen LogP) is 0.869. The van der Waals surface area contributed by atoms with Crippen LogP contribution in [0, 0.1) is 5.92 Å². The number of aliphatic hydroxyl groups is 2. The number of primary amides is 1. The number of rotatable bonds is 12. The van der Waals surface area contributed by atoms with Crippen LogP contribution in [0.25, 0.3) is 0 Å². The van der Waals surface area contributed by atoms with Gasteiger partial charge in [-0.2, -0.15) is 0 Å². The molecule has 0 bridgehead atoms. The number of aliphatic carboxylic acids is 2. The lowest BCUT2D eigenvalue weighted by molar-refractivity contribution is -0.143. The lowest BCUT2D eigenvalue weighted by Gasteiger charge is -2.15. The Morgan fingerprint density at radius 3 is 1.83 bits per heavy atom. The third-order valence-corrected chi connectivity index (χ3v) is 3.06. The van der Waals surface area contributed by atoms with Gasteiger partial charge in [0.15, 0.2) is 0 Å². The minimum Gasteiger partial charge on any atom is -0.481 e. The van der Waals surface area contributed by atoms with Gasteiger partial charge in [0, 0.05) is 6.42 Å². The molecular weight excluding hydrogens is 310 g/mol. The number of hydrogen-bond acceptors (Lipinski definition) is 5. The first-order valence-electron chi connectivity index (χ1n) is 7.42. The first kappa shape index (κ1) is 23.4. The molecule has 0 aromatic heterocycles. The molecule has 23 heavy (non-hydrogen) atoms. The third-order valence-electron chi connectivity index (χ3n) is 3.06. The number of nitrogens with two attached hydrogens (primary N) is 1. The Labute approximate surface area is 134 Å². The minimum absolute atomic E-state index is 0.0743. The zero-order valence-electron chi connectivity index (χ0n) is 13.1. The van der Waals surface area contributed by atoms with Gasteiger partial charge < -0.3 is 31.3 Å². The highest BCUT2D eigenvalue weighted by molar-refractivity contribution is 5.69. The maximum Gasteiger partial charge on any atom is 0.402 e. The molecule has 136 valence electrons. The second-order valence-corrected chi connectivity index (χ2v) is 5.15. The Hall–Kier alpha value is -1.87. The first-order chi connectivity index (χ1) is 10.7. The largest absolute Gasteiger partial charge is 0.481 e. The molecule has 0 aromatic carbocycles. The quantitative estimate of drug-likeness (QED) is 0.284. The molecule has 0 aliphatic rings. The van der Waals surface area contributed by atoms with Crippen molar-refractivity contribution < 1.29 is 39.9 Å². The Morgan fingerprint density at radius 2 is 1.39 bits per heavy atom. The summed E-state index contributed by atoms with van der Waals surface area (Å²) < 4.78 is 0. The van der Waals surface area contributed by atoms with Crippen LogP contribution in [0.4, 0.5) is 4.79 Å². The molecule has 0 aliphatic heterocycles. The molecule has 0 saturated heterocycles. The molecule has 9 nitrogen and oxygen atoms in total. The van der Waals surface area contributed by atoms with Crippen molar-refractivity contribution in [3.63, 3.8) is 0 Å². The van der Waals surface area contributed by atoms with Crippen molar-refractivity contribution in [2.45, 2.75) is 57.5 Å². The predicted molar refractivity (Wildman–Crippen MR) is 81.0 cm³/mol. The number of hydrogen-bond donors (Lipinski definition) is 6. The number of amides is 1. The van der Waals surface area contributed by atoms with Crippen molar-refractivity contribution in [2.75, 3.05) is 6.61 Å². The summed E-state index contributed by atoms with van der Waals surface area (Å²) in [4.78, 5) is 30.0. The standard InChI is InChI=1S/C13H24O6.CH3NO2/c14-9-11(15)8-10(13(18)19)6-4-2-1-3-5-7-12(16)17;2-1(3)4/h10-11,14-15H,1-9H2,(H,16,17)(H,18,19);2H2,(H,3,4). The van der Waals surface area contributed by atoms with E-state index in [1.807, 2.05) is 0 Å². The SMILES string of the molecule is NC(=O)O.O=C(O)CCCCCCCC(CC(O)CO)C(=O)O. The second kappa shape index (κ2) is 15.0. The van der Waals surface area contributed by atoms with Crippen molar-refractivity contribution >= 4 is 18.0 Å². The van der Waals surface area contributed by atoms with Crippen molar-refractivity contribution in [3.05, 3.63) is 0 Å². The fourth-order valence-electron chi connectivity index (χ4n) is 1.94. The van der Waals surface area contributed by atoms with Gasteiger partial charge in [0.1, 0.15) is 0 Å². The summed E-state index contributed by atoms with van der Waals surface area (Å²) in [6, 6.07) is 0. The maximum absolute atomic E-state index is 10.9. The van der Waals surface area contributed by atoms with Crippen LogP contribution in [-0.4, -0.2) is 56.3 Å². The van der Waals surface area contributed by atoms with Crippen LogP contribution >= 0.6 is 0 Å². The van der Waals surface area contributed by atoms with E-state index in [-0.39, 0.29) is 12.8 Å². The fourth-order valence-corrected chi connectivity index (χ4v) is 1.94. The van der Waals surface area contributed by atoms with E-state index in [2.05, 4.69) is 5.73 Å². The molecule has 9 heteroatoms. The average molecular weight is 337 g/mol. The lowest BCUT2D eigenvalue weighted by Crippen LogP contribution is -2.23. The van der Waals surface area contributed by atoms with E-state index in [1.165, 1.54) is 0 Å². The molecule has 0 spiro atoms. The number of carboxylic acids is 2. The van der Waals surface area contributed by atoms with Crippen LogP contribution in [0.2, 0.25) is 0 Å². The Balaban J connectivity index is 0. The number of carboxylic acid groups (broad SMARTS) is 3. The van der Waals surface area contributed by atoms with Gasteiger partial charge in [-0.3, -0.25) is 9.59 Å². The van der Waals surface area contributed by atoms with E-state index in [9.17, 15) is 14.7 Å². The molecular formula is C14H27NO8. The van der Waals surface area contributed by atoms with Crippen LogP contribution < -0.4 is 5.73 Å². The zero-order chi connectivity index (χ0) is 18.3. The Bertz CT molecular complexity index is 344. The summed E-state index contributed by atoms with van der Waals surface area (Å²) >= 11 is 0. The highest BCUT2D eigenvalue weighted by atomic mass is 16.4. The summed E-state index contributed by atoms with van der Waals surface area (Å²) in [6.07, 6.45) is 2.40. The van der Waals surface area contributed by atoms with Crippen LogP contribution in [0.1, 0.15) is 51.4 Å². The van der Waals surface area contributed by atoms with Gasteiger partial charge in [-0.05, 0) is 19.3 Å². The molecule has 2 unspecified atom stereocenters. The Kier molecular flexibility index (Phi) is 15.3. The van der Waals surface area contributed by atoms with Crippen molar-refractivity contribution in [1.29, 1.82) is 0 Å². The maximum atomic E-state index is 10.9. The van der Waals surface area contributed by atoms with E-state index in [1.54, 1.807) is 0 Å². The molecule has 2 atom stereocenters. The molecule has 0 fully saturated rings. The summed E-state index contributed by atoms with van der Waals surface area (Å²) in [7, 11) is 0. The monoisotopic (exact) mass is 337 g/mol. The second-order valence-electron chi connectivity index (χ2n) is 5.15. The van der Waals surface area contributed by atoms with E-state index in [0.29, 0.717) is 12.8 Å². The van der Waals surface area contributed by atoms with Crippen LogP contribution in [-0.2, 0) is 9.59 Å². The van der Waals surface area contributed by atoms with E-state index >= 15 is 0 Å². The summed E-state index contributed by atoms with van der Waals surface area (Å²) in [5, 5.41) is 42.5. The van der Waals surface area contributed by atoms with Crippen molar-refractivity contribution in [1.82, 2.24) is 0 Å². The van der Waals surface area contributed by atoms with Crippen LogP contribution in [0.15, 0.2) is 0 Å². The summed E-state index contributed by atoms with van der Waals surface area (Å²) in [5.74, 6) is -2.36. The highest BCUT2D eigenvalue weighted by Gasteiger charge is 2.20. The number of aliphatic hydroxyl groups excluding tert-OH is 2. The van der Waals surface area contributed by atoms with Gasteiger partial charge in [-0.25, -0.2) is 4.79 Å². The average Bonchev–Trinajstić information content (AvgIpc) is 2.43. The van der Waals surface area contributed by atoms with Crippen LogP contribution in [0.3, 0.4) is 0 Å². The lowest BCUT2D eigenvalue weighted by atomic mass is 9.95. The van der Waals surface area contributed by atoms with Gasteiger partial charge in [-0.15, -0.1) is 0 Å². The van der Waals surface area contributed by atoms with Crippen molar-refractivity contribution in [3.8, 4) is 0 Å². The smallest absolute Gasteiger partial charge is 0.402 e. The molecule has 0 saturated carbocycles. The van der Waals surface area contributed by atoms with Gasteiger partial charge >= 0.3 is 18.0 Å². The number of carbonyl (C=O) groups is 3. The van der Waals surface area contributed by atoms with E-state index in [4.69, 9.17) is 25.2 Å². The molecule has 1 amide bonds. The molecule has 0 radical (unpaired) electrons. The van der Waals surface area contributed by atoms with Crippen molar-refractivity contribution in [2.24, 2.45) is 11.7 Å². The molecule has 0 aliphatic carbocycles. The van der Waals surface area contributed by atoms with E-state index < -0.39 is 36.7 Å². The van der Waals surface area contributed by atoms with Gasteiger partial charge in [0.05, 0.1) is 18.6 Å². The summed E-state index contributed by atoms with van der Waals surface area (Å²) in [6.45, 7) is -0.418. The minimum atomic E-state index is -1.33. The highest BCUT2D eigenvalue weighted by Crippen LogP contribution is 2.17. The third kappa shape index (κ3) is 20.1. The molecule has 0 rings (SSSR count). The van der Waals surface area contributed by atoms with Gasteiger partial charge in [0.25, 0.3) is 0 Å². The van der Waals surface area contributed by atoms with Crippen LogP contribution in [0.5, 0.6) is 0 Å². The molecule has 0 aromatic rings. The van der Waals surface area contributed by atoms with Gasteiger partial charge in [0.2, 0.25) is 0 Å². The van der Waals surface area contributed by atoms with Gasteiger partial charge in [-0.1, -0.05) is 25.7 Å². The topological polar surface area (TPSA) is 178 Å².